The van der Waals surface area contributed by atoms with Gasteiger partial charge in [-0.15, -0.1) is 0 Å². The summed E-state index contributed by atoms with van der Waals surface area (Å²) in [5.74, 6) is -0.355. The highest BCUT2D eigenvalue weighted by Gasteiger charge is 2.05. The fourth-order valence-corrected chi connectivity index (χ4v) is 1.11. The Morgan fingerprint density at radius 3 is 2.93 bits per heavy atom. The maximum absolute atomic E-state index is 10.9. The van der Waals surface area contributed by atoms with Crippen molar-refractivity contribution in [2.75, 3.05) is 7.11 Å². The van der Waals surface area contributed by atoms with Gasteiger partial charge < -0.3 is 4.74 Å². The Bertz CT molecular complexity index is 394. The Hall–Kier alpha value is -1.89. The minimum Gasteiger partial charge on any atom is -0.469 e. The van der Waals surface area contributed by atoms with Gasteiger partial charge in [-0.25, -0.2) is 0 Å². The van der Waals surface area contributed by atoms with Crippen LogP contribution in [0.5, 0.6) is 0 Å². The number of ether oxygens (including phenoxy) is 1. The number of carbonyl (C=O) groups excluding carboxylic acids is 1. The van der Waals surface area contributed by atoms with Gasteiger partial charge in [0.05, 0.1) is 30.9 Å². The number of aromatic nitrogens is 1. The lowest BCUT2D eigenvalue weighted by molar-refractivity contribution is -0.139. The van der Waals surface area contributed by atoms with Crippen molar-refractivity contribution in [1.82, 2.24) is 4.98 Å². The van der Waals surface area contributed by atoms with Crippen molar-refractivity contribution in [3.8, 4) is 6.07 Å². The smallest absolute Gasteiger partial charge is 0.311 e. The van der Waals surface area contributed by atoms with Gasteiger partial charge in [0.1, 0.15) is 0 Å². The summed E-state index contributed by atoms with van der Waals surface area (Å²) in [5.41, 5.74) is 1.80. The van der Waals surface area contributed by atoms with Crippen molar-refractivity contribution in [3.63, 3.8) is 0 Å². The number of hydrogen-bond acceptors (Lipinski definition) is 4. The van der Waals surface area contributed by atoms with Crippen LogP contribution in [0.2, 0.25) is 0 Å². The molecule has 0 fully saturated rings. The van der Waals surface area contributed by atoms with E-state index in [0.29, 0.717) is 11.3 Å². The largest absolute Gasteiger partial charge is 0.469 e. The van der Waals surface area contributed by atoms with Crippen molar-refractivity contribution >= 4 is 5.97 Å². The first-order chi connectivity index (χ1) is 6.65. The first kappa shape index (κ1) is 10.2. The molecule has 0 aliphatic rings. The average molecular weight is 190 g/mol. The van der Waals surface area contributed by atoms with E-state index < -0.39 is 0 Å². The zero-order valence-electron chi connectivity index (χ0n) is 8.07. The molecule has 72 valence electrons. The fraction of sp³-hybridized carbons (Fsp3) is 0.300. The predicted octanol–water partition coefficient (Wildman–Crippen LogP) is 0.977. The maximum atomic E-state index is 10.9. The predicted molar refractivity (Wildman–Crippen MR) is 49.4 cm³/mol. The van der Waals surface area contributed by atoms with E-state index in [4.69, 9.17) is 5.26 Å². The number of nitrogens with zero attached hydrogens (tertiary/aromatic N) is 2. The Morgan fingerprint density at radius 1 is 1.64 bits per heavy atom. The molecule has 0 aliphatic heterocycles. The molecule has 1 aromatic rings. The zero-order chi connectivity index (χ0) is 10.6. The van der Waals surface area contributed by atoms with Gasteiger partial charge in [-0.3, -0.25) is 9.78 Å². The highest BCUT2D eigenvalue weighted by atomic mass is 16.5. The molecule has 4 nitrogen and oxygen atoms in total. The molecule has 0 radical (unpaired) electrons. The number of aryl methyl sites for hydroxylation is 1. The molecule has 0 unspecified atom stereocenters. The number of nitriles is 1. The van der Waals surface area contributed by atoms with Gasteiger partial charge in [-0.2, -0.15) is 5.26 Å². The molecule has 4 heteroatoms. The van der Waals surface area contributed by atoms with Crippen LogP contribution in [-0.2, 0) is 16.0 Å². The number of carbonyl (C=O) groups is 1. The molecule has 0 N–H and O–H groups in total. The van der Waals surface area contributed by atoms with Crippen LogP contribution in [0, 0.1) is 18.3 Å². The Morgan fingerprint density at radius 2 is 2.36 bits per heavy atom. The van der Waals surface area contributed by atoms with E-state index in [1.807, 2.05) is 6.07 Å². The Balaban J connectivity index is 2.93. The monoisotopic (exact) mass is 190 g/mol. The first-order valence-electron chi connectivity index (χ1n) is 4.10. The van der Waals surface area contributed by atoms with E-state index in [9.17, 15) is 4.79 Å². The lowest BCUT2D eigenvalue weighted by Crippen LogP contribution is -2.06. The molecular formula is C10H10N2O2. The number of hydrogen-bond donors (Lipinski definition) is 0. The standard InChI is InChI=1S/C10H10N2O2/c1-7-3-8(6-11)4-9(12-7)5-10(13)14-2/h3-4H,5H2,1-2H3. The highest BCUT2D eigenvalue weighted by molar-refractivity contribution is 5.71. The van der Waals surface area contributed by atoms with Gasteiger partial charge in [-0.05, 0) is 19.1 Å². The summed E-state index contributed by atoms with van der Waals surface area (Å²) in [7, 11) is 1.32. The summed E-state index contributed by atoms with van der Waals surface area (Å²) < 4.78 is 4.51. The fourth-order valence-electron chi connectivity index (χ4n) is 1.11. The highest BCUT2D eigenvalue weighted by Crippen LogP contribution is 2.05. The topological polar surface area (TPSA) is 63.0 Å². The minimum absolute atomic E-state index is 0.104. The minimum atomic E-state index is -0.355. The van der Waals surface area contributed by atoms with Crippen LogP contribution < -0.4 is 0 Å². The van der Waals surface area contributed by atoms with Crippen LogP contribution in [0.25, 0.3) is 0 Å². The van der Waals surface area contributed by atoms with Crippen LogP contribution in [0.4, 0.5) is 0 Å². The zero-order valence-corrected chi connectivity index (χ0v) is 8.07. The van der Waals surface area contributed by atoms with E-state index in [0.717, 1.165) is 5.69 Å². The third-order valence-corrected chi connectivity index (χ3v) is 1.69. The second-order valence-corrected chi connectivity index (χ2v) is 2.85. The van der Waals surface area contributed by atoms with Crippen molar-refractivity contribution < 1.29 is 9.53 Å². The van der Waals surface area contributed by atoms with E-state index in [1.165, 1.54) is 7.11 Å². The molecular weight excluding hydrogens is 180 g/mol. The van der Waals surface area contributed by atoms with E-state index in [-0.39, 0.29) is 12.4 Å². The molecule has 0 saturated heterocycles. The van der Waals surface area contributed by atoms with Crippen LogP contribution in [0.3, 0.4) is 0 Å². The van der Waals surface area contributed by atoms with Gasteiger partial charge in [0.2, 0.25) is 0 Å². The van der Waals surface area contributed by atoms with Crippen molar-refractivity contribution in [3.05, 3.63) is 29.1 Å². The summed E-state index contributed by atoms with van der Waals surface area (Å²) in [6.45, 7) is 1.78. The summed E-state index contributed by atoms with van der Waals surface area (Å²) in [6.07, 6.45) is 0.104. The van der Waals surface area contributed by atoms with Crippen molar-refractivity contribution in [2.45, 2.75) is 13.3 Å². The molecule has 14 heavy (non-hydrogen) atoms. The lowest BCUT2D eigenvalue weighted by atomic mass is 10.2. The maximum Gasteiger partial charge on any atom is 0.311 e. The molecule has 0 atom stereocenters. The van der Waals surface area contributed by atoms with Crippen LogP contribution in [0.1, 0.15) is 17.0 Å². The quantitative estimate of drug-likeness (QED) is 0.652. The number of methoxy groups -OCH3 is 1. The molecule has 1 rings (SSSR count). The molecule has 0 amide bonds. The SMILES string of the molecule is COC(=O)Cc1cc(C#N)cc(C)n1. The summed E-state index contributed by atoms with van der Waals surface area (Å²) in [5, 5.41) is 8.68. The summed E-state index contributed by atoms with van der Waals surface area (Å²) >= 11 is 0. The van der Waals surface area contributed by atoms with E-state index in [2.05, 4.69) is 9.72 Å². The van der Waals surface area contributed by atoms with Crippen LogP contribution in [0.15, 0.2) is 12.1 Å². The summed E-state index contributed by atoms with van der Waals surface area (Å²) in [4.78, 5) is 15.1. The van der Waals surface area contributed by atoms with Crippen LogP contribution in [-0.4, -0.2) is 18.1 Å². The van der Waals surface area contributed by atoms with Gasteiger partial charge in [0.25, 0.3) is 0 Å². The van der Waals surface area contributed by atoms with Crippen molar-refractivity contribution in [1.29, 1.82) is 5.26 Å². The van der Waals surface area contributed by atoms with Crippen molar-refractivity contribution in [2.24, 2.45) is 0 Å². The van der Waals surface area contributed by atoms with E-state index >= 15 is 0 Å². The van der Waals surface area contributed by atoms with E-state index in [1.54, 1.807) is 19.1 Å². The number of pyridine rings is 1. The van der Waals surface area contributed by atoms with Gasteiger partial charge in [-0.1, -0.05) is 0 Å². The molecule has 1 aromatic heterocycles. The third-order valence-electron chi connectivity index (χ3n) is 1.69. The molecule has 0 bridgehead atoms. The van der Waals surface area contributed by atoms with Gasteiger partial charge in [0, 0.05) is 5.69 Å². The first-order valence-corrected chi connectivity index (χ1v) is 4.10. The Kier molecular flexibility index (Phi) is 3.19. The number of rotatable bonds is 2. The normalized spacial score (nSPS) is 9.21. The third kappa shape index (κ3) is 2.56. The van der Waals surface area contributed by atoms with Gasteiger partial charge >= 0.3 is 5.97 Å². The molecule has 0 saturated carbocycles. The average Bonchev–Trinajstić information content (AvgIpc) is 2.16. The lowest BCUT2D eigenvalue weighted by Gasteiger charge is -2.01. The molecule has 0 aromatic carbocycles. The molecule has 0 aliphatic carbocycles. The molecule has 1 heterocycles. The molecule has 0 spiro atoms. The second-order valence-electron chi connectivity index (χ2n) is 2.85. The van der Waals surface area contributed by atoms with Gasteiger partial charge in [0.15, 0.2) is 0 Å². The summed E-state index contributed by atoms with van der Waals surface area (Å²) in [6, 6.07) is 5.26. The number of esters is 1. The second kappa shape index (κ2) is 4.38. The Labute approximate surface area is 82.1 Å². The van der Waals surface area contributed by atoms with Crippen LogP contribution >= 0.6 is 0 Å².